The molecule has 3 fully saturated rings. The Balaban J connectivity index is 1.34. The average Bonchev–Trinajstić information content (AvgIpc) is 3.00. The Morgan fingerprint density at radius 3 is 2.79 bits per heavy atom. The molecule has 1 aromatic heterocycles. The Morgan fingerprint density at radius 2 is 2.08 bits per heavy atom. The minimum Gasteiger partial charge on any atom is -0.334 e. The highest BCUT2D eigenvalue weighted by Gasteiger charge is 2.52. The van der Waals surface area contributed by atoms with Crippen LogP contribution in [0, 0.1) is 12.8 Å². The number of rotatable bonds is 2. The van der Waals surface area contributed by atoms with Crippen LogP contribution in [0.15, 0.2) is 18.3 Å². The summed E-state index contributed by atoms with van der Waals surface area (Å²) in [5, 5.41) is 0. The Hall–Kier alpha value is -1.07. The summed E-state index contributed by atoms with van der Waals surface area (Å²) in [6, 6.07) is 4.57. The fourth-order valence-corrected chi connectivity index (χ4v) is 6.00. The van der Waals surface area contributed by atoms with E-state index in [2.05, 4.69) is 28.6 Å². The lowest BCUT2D eigenvalue weighted by Crippen LogP contribution is -2.61. The molecule has 1 unspecified atom stereocenters. The summed E-state index contributed by atoms with van der Waals surface area (Å²) in [5.74, 6) is 2.23. The van der Waals surface area contributed by atoms with Crippen LogP contribution in [0.5, 0.6) is 0 Å². The van der Waals surface area contributed by atoms with Crippen molar-refractivity contribution in [3.63, 3.8) is 0 Å². The number of piperidine rings is 1. The van der Waals surface area contributed by atoms with Crippen LogP contribution in [0.4, 0.5) is 0 Å². The van der Waals surface area contributed by atoms with Crippen molar-refractivity contribution in [1.29, 1.82) is 0 Å². The first kappa shape index (κ1) is 16.4. The third-order valence-corrected chi connectivity index (χ3v) is 7.57. The minimum absolute atomic E-state index is 0.106. The number of carbonyl (C=O) groups is 1. The molecule has 4 nitrogen and oxygen atoms in total. The third-order valence-electron chi connectivity index (χ3n) is 5.98. The molecule has 3 aliphatic rings. The van der Waals surface area contributed by atoms with E-state index >= 15 is 0 Å². The molecule has 0 aliphatic carbocycles. The van der Waals surface area contributed by atoms with E-state index in [9.17, 15) is 4.79 Å². The third kappa shape index (κ3) is 2.97. The molecule has 1 aromatic rings. The van der Waals surface area contributed by atoms with E-state index in [1.807, 2.05) is 24.0 Å². The number of aromatic nitrogens is 1. The average molecular weight is 346 g/mol. The molecule has 1 spiro atoms. The summed E-state index contributed by atoms with van der Waals surface area (Å²) in [4.78, 5) is 21.6. The van der Waals surface area contributed by atoms with Gasteiger partial charge in [0.15, 0.2) is 0 Å². The van der Waals surface area contributed by atoms with Crippen molar-refractivity contribution in [3.8, 4) is 0 Å². The van der Waals surface area contributed by atoms with Crippen LogP contribution in [-0.4, -0.2) is 63.4 Å². The van der Waals surface area contributed by atoms with E-state index in [-0.39, 0.29) is 5.91 Å². The first-order valence-corrected chi connectivity index (χ1v) is 10.1. The summed E-state index contributed by atoms with van der Waals surface area (Å²) in [6.07, 6.45) is 5.65. The van der Waals surface area contributed by atoms with Gasteiger partial charge in [-0.25, -0.2) is 0 Å². The number of nitrogens with zero attached hydrogens (tertiary/aromatic N) is 3. The number of thioether (sulfide) groups is 1. The first-order chi connectivity index (χ1) is 11.6. The van der Waals surface area contributed by atoms with Gasteiger partial charge in [0, 0.05) is 31.1 Å². The molecule has 0 bridgehead atoms. The van der Waals surface area contributed by atoms with Crippen molar-refractivity contribution < 1.29 is 4.79 Å². The largest absolute Gasteiger partial charge is 0.334 e. The van der Waals surface area contributed by atoms with Crippen molar-refractivity contribution >= 4 is 17.7 Å². The van der Waals surface area contributed by atoms with Gasteiger partial charge in [-0.05, 0) is 56.8 Å². The predicted octanol–water partition coefficient (Wildman–Crippen LogP) is 2.82. The molecule has 130 valence electrons. The van der Waals surface area contributed by atoms with Crippen LogP contribution in [0.1, 0.15) is 42.2 Å². The van der Waals surface area contributed by atoms with E-state index in [0.29, 0.717) is 10.4 Å². The molecule has 1 amide bonds. The van der Waals surface area contributed by atoms with Crippen molar-refractivity contribution in [3.05, 3.63) is 29.6 Å². The molecule has 0 N–H and O–H groups in total. The van der Waals surface area contributed by atoms with Crippen LogP contribution >= 0.6 is 11.8 Å². The van der Waals surface area contributed by atoms with E-state index in [1.54, 1.807) is 6.20 Å². The second kappa shape index (κ2) is 6.34. The number of hydrogen-bond acceptors (Lipinski definition) is 4. The Labute approximate surface area is 149 Å². The molecule has 0 radical (unpaired) electrons. The summed E-state index contributed by atoms with van der Waals surface area (Å²) in [5.41, 5.74) is 1.60. The van der Waals surface area contributed by atoms with E-state index in [0.717, 1.165) is 30.6 Å². The molecule has 1 atom stereocenters. The van der Waals surface area contributed by atoms with Gasteiger partial charge >= 0.3 is 0 Å². The Bertz CT molecular complexity index is 621. The fraction of sp³-hybridized carbons (Fsp3) is 0.684. The second-order valence-corrected chi connectivity index (χ2v) is 9.39. The highest BCUT2D eigenvalue weighted by Crippen LogP contribution is 2.47. The molecular weight excluding hydrogens is 318 g/mol. The number of amides is 1. The van der Waals surface area contributed by atoms with Gasteiger partial charge in [-0.15, -0.1) is 11.8 Å². The Kier molecular flexibility index (Phi) is 4.33. The summed E-state index contributed by atoms with van der Waals surface area (Å²) < 4.78 is 0.312. The van der Waals surface area contributed by atoms with Gasteiger partial charge in [-0.1, -0.05) is 13.0 Å². The van der Waals surface area contributed by atoms with Crippen molar-refractivity contribution in [2.45, 2.75) is 43.9 Å². The summed E-state index contributed by atoms with van der Waals surface area (Å²) in [7, 11) is 0. The maximum absolute atomic E-state index is 12.7. The number of pyridine rings is 1. The molecule has 0 saturated carbocycles. The maximum atomic E-state index is 12.7. The normalized spacial score (nSPS) is 27.4. The van der Waals surface area contributed by atoms with Crippen molar-refractivity contribution in [2.75, 3.05) is 31.9 Å². The number of aryl methyl sites for hydroxylation is 1. The SMILES string of the molecule is Cc1cccnc1C(=O)N1CC2(CC(N3CCC(C)CC3)CS2)C1. The standard InChI is InChI=1S/C19H27N3OS/c1-14-5-8-21(9-6-14)16-10-19(24-11-16)12-22(13-19)18(23)17-15(2)4-3-7-20-17/h3-4,7,14,16H,5-6,8-13H2,1-2H3. The van der Waals surface area contributed by atoms with Crippen LogP contribution in [-0.2, 0) is 0 Å². The zero-order valence-electron chi connectivity index (χ0n) is 14.7. The highest BCUT2D eigenvalue weighted by atomic mass is 32.2. The van der Waals surface area contributed by atoms with E-state index < -0.39 is 0 Å². The molecule has 4 rings (SSSR count). The number of carbonyl (C=O) groups excluding carboxylic acids is 1. The fourth-order valence-electron chi connectivity index (χ4n) is 4.32. The maximum Gasteiger partial charge on any atom is 0.272 e. The van der Waals surface area contributed by atoms with Gasteiger partial charge in [0.1, 0.15) is 5.69 Å². The molecule has 3 aliphatic heterocycles. The molecular formula is C19H27N3OS. The first-order valence-electron chi connectivity index (χ1n) is 9.15. The van der Waals surface area contributed by atoms with Gasteiger partial charge in [0.25, 0.3) is 5.91 Å². The van der Waals surface area contributed by atoms with Crippen molar-refractivity contribution in [1.82, 2.24) is 14.8 Å². The van der Waals surface area contributed by atoms with E-state index in [1.165, 1.54) is 38.1 Å². The minimum atomic E-state index is 0.106. The quantitative estimate of drug-likeness (QED) is 0.826. The van der Waals surface area contributed by atoms with Gasteiger partial charge in [0.05, 0.1) is 4.75 Å². The second-order valence-electron chi connectivity index (χ2n) is 7.90. The summed E-state index contributed by atoms with van der Waals surface area (Å²) >= 11 is 2.10. The van der Waals surface area contributed by atoms with Crippen LogP contribution in [0.2, 0.25) is 0 Å². The van der Waals surface area contributed by atoms with Crippen LogP contribution in [0.25, 0.3) is 0 Å². The lowest BCUT2D eigenvalue weighted by Gasteiger charge is -2.48. The van der Waals surface area contributed by atoms with E-state index in [4.69, 9.17) is 0 Å². The van der Waals surface area contributed by atoms with Crippen molar-refractivity contribution in [2.24, 2.45) is 5.92 Å². The topological polar surface area (TPSA) is 36.4 Å². The lowest BCUT2D eigenvalue weighted by molar-refractivity contribution is 0.0504. The predicted molar refractivity (Wildman–Crippen MR) is 98.4 cm³/mol. The van der Waals surface area contributed by atoms with Gasteiger partial charge in [0.2, 0.25) is 0 Å². The molecule has 0 aromatic carbocycles. The van der Waals surface area contributed by atoms with Crippen LogP contribution in [0.3, 0.4) is 0 Å². The number of likely N-dealkylation sites (tertiary alicyclic amines) is 2. The molecule has 3 saturated heterocycles. The molecule has 24 heavy (non-hydrogen) atoms. The number of hydrogen-bond donors (Lipinski definition) is 0. The smallest absolute Gasteiger partial charge is 0.272 e. The summed E-state index contributed by atoms with van der Waals surface area (Å²) in [6.45, 7) is 8.65. The monoisotopic (exact) mass is 345 g/mol. The highest BCUT2D eigenvalue weighted by molar-refractivity contribution is 8.01. The molecule has 5 heteroatoms. The van der Waals surface area contributed by atoms with Gasteiger partial charge in [-0.3, -0.25) is 14.7 Å². The molecule has 4 heterocycles. The van der Waals surface area contributed by atoms with Gasteiger partial charge in [-0.2, -0.15) is 0 Å². The Morgan fingerprint density at radius 1 is 1.33 bits per heavy atom. The van der Waals surface area contributed by atoms with Crippen LogP contribution < -0.4 is 0 Å². The van der Waals surface area contributed by atoms with Gasteiger partial charge < -0.3 is 4.90 Å². The lowest BCUT2D eigenvalue weighted by atomic mass is 9.89. The zero-order chi connectivity index (χ0) is 16.7. The zero-order valence-corrected chi connectivity index (χ0v) is 15.5.